The van der Waals surface area contributed by atoms with Gasteiger partial charge < -0.3 is 33.8 Å². The van der Waals surface area contributed by atoms with Crippen molar-refractivity contribution < 1.29 is 59.7 Å². The van der Waals surface area contributed by atoms with Crippen LogP contribution in [0.3, 0.4) is 0 Å². The molecule has 0 radical (unpaired) electrons. The number of fused-ring (bicyclic) bond motifs is 2. The van der Waals surface area contributed by atoms with Crippen LogP contribution in [-0.4, -0.2) is 99.7 Å². The Hall–Kier alpha value is -5.24. The largest absolute Gasteiger partial charge is 0.492 e. The van der Waals surface area contributed by atoms with Crippen LogP contribution in [0.4, 0.5) is 5.69 Å². The molecular formula is C44H56N3O13S2+. The Morgan fingerprint density at radius 3 is 2.18 bits per heavy atom. The zero-order chi connectivity index (χ0) is 45.5. The maximum atomic E-state index is 12.8. The van der Waals surface area contributed by atoms with Crippen molar-refractivity contribution in [2.45, 2.75) is 69.1 Å². The van der Waals surface area contributed by atoms with Crippen molar-refractivity contribution in [1.29, 1.82) is 0 Å². The van der Waals surface area contributed by atoms with E-state index >= 15 is 0 Å². The van der Waals surface area contributed by atoms with E-state index in [2.05, 4.69) is 37.5 Å². The highest BCUT2D eigenvalue weighted by Gasteiger charge is 2.43. The third-order valence-corrected chi connectivity index (χ3v) is 12.3. The van der Waals surface area contributed by atoms with E-state index in [0.717, 1.165) is 28.6 Å². The van der Waals surface area contributed by atoms with Crippen molar-refractivity contribution in [2.24, 2.45) is 0 Å². The zero-order valence-corrected chi connectivity index (χ0v) is 37.4. The third-order valence-electron chi connectivity index (χ3n) is 10.7. The number of benzene rings is 2. The van der Waals surface area contributed by atoms with E-state index in [1.54, 1.807) is 32.4 Å². The molecule has 1 aromatic heterocycles. The first-order valence-electron chi connectivity index (χ1n) is 20.0. The first kappa shape index (κ1) is 47.8. The van der Waals surface area contributed by atoms with E-state index < -0.39 is 49.1 Å². The van der Waals surface area contributed by atoms with Gasteiger partial charge in [0.2, 0.25) is 17.1 Å². The molecule has 5 rings (SSSR count). The number of ether oxygens (including phenoxy) is 2. The number of aromatic hydroxyl groups is 2. The fourth-order valence-electron chi connectivity index (χ4n) is 7.56. The molecule has 1 unspecified atom stereocenters. The molecule has 2 aromatic rings. The van der Waals surface area contributed by atoms with Gasteiger partial charge in [0.15, 0.2) is 13.1 Å². The monoisotopic (exact) mass is 898 g/mol. The Bertz CT molecular complexity index is 2570. The molecule has 3 heterocycles. The first-order valence-corrected chi connectivity index (χ1v) is 23.1. The summed E-state index contributed by atoms with van der Waals surface area (Å²) in [6.45, 7) is 10.8. The molecule has 0 spiro atoms. The van der Waals surface area contributed by atoms with Crippen molar-refractivity contribution in [3.8, 4) is 23.1 Å². The molecule has 1 atom stereocenters. The second kappa shape index (κ2) is 19.9. The molecule has 1 aliphatic carbocycles. The topological polar surface area (TPSA) is 218 Å². The average Bonchev–Trinajstić information content (AvgIpc) is 3.63. The number of anilines is 1. The smallest absolute Gasteiger partial charge is 0.333 e. The van der Waals surface area contributed by atoms with E-state index in [4.69, 9.17) is 18.7 Å². The lowest BCUT2D eigenvalue weighted by Gasteiger charge is -2.30. The second-order valence-electron chi connectivity index (χ2n) is 16.2. The lowest BCUT2D eigenvalue weighted by Crippen LogP contribution is -2.35. The van der Waals surface area contributed by atoms with Crippen LogP contribution >= 0.6 is 0 Å². The third kappa shape index (κ3) is 11.8. The summed E-state index contributed by atoms with van der Waals surface area (Å²) in [6, 6.07) is 14.6. The summed E-state index contributed by atoms with van der Waals surface area (Å²) in [5, 5.41) is 20.8. The Morgan fingerprint density at radius 2 is 1.56 bits per heavy atom. The van der Waals surface area contributed by atoms with Crippen molar-refractivity contribution in [3.63, 3.8) is 0 Å². The molecule has 62 heavy (non-hydrogen) atoms. The molecule has 336 valence electrons. The van der Waals surface area contributed by atoms with Gasteiger partial charge in [-0.15, -0.1) is 4.73 Å². The number of rotatable bonds is 19. The number of allylic oxidation sites excluding steroid dienone is 5. The summed E-state index contributed by atoms with van der Waals surface area (Å²) in [5.41, 5.74) is 2.51. The van der Waals surface area contributed by atoms with Crippen LogP contribution in [0.1, 0.15) is 70.3 Å². The predicted molar refractivity (Wildman–Crippen MR) is 234 cm³/mol. The molecule has 1 aromatic carbocycles. The van der Waals surface area contributed by atoms with Gasteiger partial charge in [0.05, 0.1) is 16.7 Å². The van der Waals surface area contributed by atoms with Crippen molar-refractivity contribution in [2.75, 3.05) is 57.7 Å². The van der Waals surface area contributed by atoms with Crippen LogP contribution < -0.4 is 19.7 Å². The normalized spacial score (nSPS) is 16.6. The van der Waals surface area contributed by atoms with Crippen molar-refractivity contribution >= 4 is 38.0 Å². The average molecular weight is 899 g/mol. The van der Waals surface area contributed by atoms with E-state index in [1.165, 1.54) is 18.2 Å². The van der Waals surface area contributed by atoms with Crippen LogP contribution in [0, 0.1) is 0 Å². The SMILES string of the molecule is COCC[N+](CCOC)=c1ccc2c(C(C)(C)C)cc(C=CC=CC=C3N(CCCS(=O)(=O)O)c4ccc(S(=O)(=O)O)cc4C3(C)CCCC(=O)On3c(O)ccc3O)oc-2c1. The van der Waals surface area contributed by atoms with Gasteiger partial charge in [0.1, 0.15) is 24.7 Å². The Labute approximate surface area is 362 Å². The minimum atomic E-state index is -4.63. The van der Waals surface area contributed by atoms with Crippen LogP contribution in [0.5, 0.6) is 11.8 Å². The van der Waals surface area contributed by atoms with Gasteiger partial charge in [-0.2, -0.15) is 16.8 Å². The van der Waals surface area contributed by atoms with E-state index in [1.807, 2.05) is 36.1 Å². The van der Waals surface area contributed by atoms with Gasteiger partial charge in [-0.3, -0.25) is 9.11 Å². The molecule has 0 fully saturated rings. The minimum absolute atomic E-state index is 0.0172. The number of carbonyl (C=O) groups is 1. The highest BCUT2D eigenvalue weighted by Crippen LogP contribution is 2.51. The molecule has 16 nitrogen and oxygen atoms in total. The second-order valence-corrected chi connectivity index (χ2v) is 19.2. The van der Waals surface area contributed by atoms with Gasteiger partial charge in [0.25, 0.3) is 20.2 Å². The van der Waals surface area contributed by atoms with Gasteiger partial charge in [0, 0.05) is 67.7 Å². The van der Waals surface area contributed by atoms with Crippen LogP contribution in [0.2, 0.25) is 0 Å². The Kier molecular flexibility index (Phi) is 15.3. The first-order chi connectivity index (χ1) is 29.2. The van der Waals surface area contributed by atoms with Crippen molar-refractivity contribution in [3.05, 3.63) is 107 Å². The summed E-state index contributed by atoms with van der Waals surface area (Å²) in [7, 11) is -5.60. The molecule has 2 aliphatic heterocycles. The number of hydrogen-bond donors (Lipinski definition) is 4. The lowest BCUT2D eigenvalue weighted by atomic mass is 9.77. The standard InChI is InChI=1S/C44H55N3O13S2/c1-43(2,3)35-29-32(59-38-28-31(15-17-34(35)38)45(23-25-57-5)24-26-58-6)12-8-7-9-13-39-44(4,21-10-14-42(50)60-47-40(48)19-20-41(47)49)36-30-33(62(54,55)56)16-18-37(36)46(39)22-11-27-61(51,52)53/h7-9,12-13,15-20,28-30H,10-11,14,21-27H2,1-6H3,(H3-,48,49,51,52,53,54,55,56)/p+1. The number of aromatic nitrogens is 1. The van der Waals surface area contributed by atoms with Gasteiger partial charge >= 0.3 is 5.97 Å². The minimum Gasteiger partial charge on any atom is -0.492 e. The summed E-state index contributed by atoms with van der Waals surface area (Å²) in [5.74, 6) is -0.937. The predicted octanol–water partition coefficient (Wildman–Crippen LogP) is 5.54. The molecule has 0 bridgehead atoms. The molecule has 18 heteroatoms. The number of carbonyl (C=O) groups excluding carboxylic acids is 1. The van der Waals surface area contributed by atoms with Crippen LogP contribution in [0.15, 0.2) is 93.9 Å². The molecule has 0 amide bonds. The summed E-state index contributed by atoms with van der Waals surface area (Å²) < 4.78 is 87.5. The number of methoxy groups -OCH3 is 2. The molecule has 4 N–H and O–H groups in total. The fraction of sp³-hybridized carbons (Fsp3) is 0.409. The van der Waals surface area contributed by atoms with Gasteiger partial charge in [-0.1, -0.05) is 39.0 Å². The lowest BCUT2D eigenvalue weighted by molar-refractivity contribution is -0.145. The van der Waals surface area contributed by atoms with E-state index in [0.29, 0.717) is 59.5 Å². The number of hydrogen-bond acceptors (Lipinski definition) is 12. The molecule has 3 aliphatic rings. The quantitative estimate of drug-likeness (QED) is 0.0516. The summed E-state index contributed by atoms with van der Waals surface area (Å²) in [4.78, 5) is 19.4. The molecule has 0 saturated heterocycles. The van der Waals surface area contributed by atoms with E-state index in [9.17, 15) is 40.9 Å². The molecule has 0 saturated carbocycles. The highest BCUT2D eigenvalue weighted by atomic mass is 32.2. The van der Waals surface area contributed by atoms with Crippen molar-refractivity contribution in [1.82, 2.24) is 9.31 Å². The van der Waals surface area contributed by atoms with Crippen LogP contribution in [0.25, 0.3) is 17.4 Å². The maximum Gasteiger partial charge on any atom is 0.333 e. The highest BCUT2D eigenvalue weighted by molar-refractivity contribution is 7.86. The number of nitrogens with zero attached hydrogens (tertiary/aromatic N) is 3. The van der Waals surface area contributed by atoms with E-state index in [-0.39, 0.29) is 42.5 Å². The summed E-state index contributed by atoms with van der Waals surface area (Å²) >= 11 is 0. The zero-order valence-electron chi connectivity index (χ0n) is 35.8. The van der Waals surface area contributed by atoms with Gasteiger partial charge in [-0.05, 0) is 85.2 Å². The summed E-state index contributed by atoms with van der Waals surface area (Å²) in [6.07, 6.45) is 9.28. The maximum absolute atomic E-state index is 12.8. The molecular weight excluding hydrogens is 843 g/mol. The van der Waals surface area contributed by atoms with Crippen LogP contribution in [-0.2, 0) is 45.3 Å². The Morgan fingerprint density at radius 1 is 0.887 bits per heavy atom. The Balaban J connectivity index is 1.53. The van der Waals surface area contributed by atoms with Gasteiger partial charge in [-0.25, -0.2) is 9.37 Å². The fourth-order valence-corrected chi connectivity index (χ4v) is 8.56.